The van der Waals surface area contributed by atoms with Crippen molar-refractivity contribution < 1.29 is 17.7 Å². The molecule has 1 fully saturated rings. The summed E-state index contributed by atoms with van der Waals surface area (Å²) >= 11 is 0. The van der Waals surface area contributed by atoms with Gasteiger partial charge in [0.25, 0.3) is 5.91 Å². The summed E-state index contributed by atoms with van der Waals surface area (Å²) in [4.78, 5) is 12.1. The number of amides is 1. The van der Waals surface area contributed by atoms with Crippen LogP contribution in [0.1, 0.15) is 22.5 Å². The topological polar surface area (TPSA) is 89.3 Å². The van der Waals surface area contributed by atoms with Gasteiger partial charge in [-0.05, 0) is 13.3 Å². The summed E-state index contributed by atoms with van der Waals surface area (Å²) in [6.45, 7) is 1.98. The van der Waals surface area contributed by atoms with Gasteiger partial charge in [0.2, 0.25) is 0 Å². The third-order valence-corrected chi connectivity index (χ3v) is 5.41. The number of hydrogen-bond acceptors (Lipinski definition) is 5. The van der Waals surface area contributed by atoms with Gasteiger partial charge in [0, 0.05) is 17.7 Å². The van der Waals surface area contributed by atoms with Gasteiger partial charge in [-0.25, -0.2) is 8.42 Å². The number of aromatic nitrogens is 1. The summed E-state index contributed by atoms with van der Waals surface area (Å²) < 4.78 is 28.0. The summed E-state index contributed by atoms with van der Waals surface area (Å²) in [5, 5.41) is 6.44. The van der Waals surface area contributed by atoms with Crippen molar-refractivity contribution in [2.75, 3.05) is 11.5 Å². The molecule has 0 aliphatic carbocycles. The van der Waals surface area contributed by atoms with Gasteiger partial charge < -0.3 is 9.84 Å². The minimum absolute atomic E-state index is 0.0125. The van der Waals surface area contributed by atoms with Gasteiger partial charge in [0.1, 0.15) is 0 Å². The fraction of sp³-hybridized carbons (Fsp3) is 0.333. The lowest BCUT2D eigenvalue weighted by Crippen LogP contribution is -2.35. The number of rotatable bonds is 3. The van der Waals surface area contributed by atoms with Crippen molar-refractivity contribution >= 4 is 15.7 Å². The number of carbonyl (C=O) groups excluding carboxylic acids is 1. The molecule has 1 aliphatic rings. The molecule has 22 heavy (non-hydrogen) atoms. The maximum Gasteiger partial charge on any atom is 0.273 e. The van der Waals surface area contributed by atoms with Crippen molar-refractivity contribution in [1.82, 2.24) is 10.5 Å². The fourth-order valence-corrected chi connectivity index (χ4v) is 4.08. The van der Waals surface area contributed by atoms with Crippen molar-refractivity contribution in [3.05, 3.63) is 41.6 Å². The van der Waals surface area contributed by atoms with Crippen LogP contribution >= 0.6 is 0 Å². The Morgan fingerprint density at radius 3 is 2.68 bits per heavy atom. The number of nitrogens with zero attached hydrogens (tertiary/aromatic N) is 1. The average Bonchev–Trinajstić information content (AvgIpc) is 3.06. The van der Waals surface area contributed by atoms with Gasteiger partial charge in [-0.3, -0.25) is 4.79 Å². The second-order valence-corrected chi connectivity index (χ2v) is 7.74. The summed E-state index contributed by atoms with van der Waals surface area (Å²) in [7, 11) is -3.02. The highest BCUT2D eigenvalue weighted by Crippen LogP contribution is 2.21. The van der Waals surface area contributed by atoms with Crippen LogP contribution in [0.25, 0.3) is 11.3 Å². The van der Waals surface area contributed by atoms with Gasteiger partial charge in [-0.1, -0.05) is 35.0 Å². The quantitative estimate of drug-likeness (QED) is 0.927. The molecule has 1 N–H and O–H groups in total. The highest BCUT2D eigenvalue weighted by atomic mass is 32.2. The molecule has 0 unspecified atom stereocenters. The SMILES string of the molecule is Cc1ccc(-c2cc(C(=O)N[C@@H]3CCS(=O)(=O)C3)no2)cc1. The number of nitrogens with one attached hydrogen (secondary N) is 1. The van der Waals surface area contributed by atoms with Crippen LogP contribution in [0.5, 0.6) is 0 Å². The second-order valence-electron chi connectivity index (χ2n) is 5.52. The Morgan fingerprint density at radius 2 is 2.05 bits per heavy atom. The second kappa shape index (κ2) is 5.57. The molecule has 7 heteroatoms. The molecule has 1 aromatic carbocycles. The van der Waals surface area contributed by atoms with E-state index in [1.807, 2.05) is 31.2 Å². The summed E-state index contributed by atoms with van der Waals surface area (Å²) in [5.41, 5.74) is 2.11. The lowest BCUT2D eigenvalue weighted by atomic mass is 10.1. The van der Waals surface area contributed by atoms with Crippen LogP contribution < -0.4 is 5.32 Å². The van der Waals surface area contributed by atoms with E-state index in [4.69, 9.17) is 4.52 Å². The maximum absolute atomic E-state index is 12.1. The normalized spacial score (nSPS) is 20.0. The van der Waals surface area contributed by atoms with Crippen LogP contribution in [-0.2, 0) is 9.84 Å². The van der Waals surface area contributed by atoms with E-state index in [0.717, 1.165) is 11.1 Å². The number of aryl methyl sites for hydroxylation is 1. The first-order valence-corrected chi connectivity index (χ1v) is 8.80. The molecule has 2 heterocycles. The third kappa shape index (κ3) is 3.19. The molecule has 1 atom stereocenters. The zero-order valence-corrected chi connectivity index (χ0v) is 12.9. The number of carbonyl (C=O) groups is 1. The van der Waals surface area contributed by atoms with Crippen molar-refractivity contribution in [2.45, 2.75) is 19.4 Å². The first kappa shape index (κ1) is 14.8. The van der Waals surface area contributed by atoms with E-state index in [1.165, 1.54) is 0 Å². The molecule has 0 bridgehead atoms. The molecule has 1 amide bonds. The molecule has 1 saturated heterocycles. The highest BCUT2D eigenvalue weighted by Gasteiger charge is 2.29. The molecule has 6 nitrogen and oxygen atoms in total. The van der Waals surface area contributed by atoms with Crippen molar-refractivity contribution in [1.29, 1.82) is 0 Å². The van der Waals surface area contributed by atoms with Crippen LogP contribution in [0.15, 0.2) is 34.9 Å². The van der Waals surface area contributed by atoms with Gasteiger partial charge in [-0.15, -0.1) is 0 Å². The fourth-order valence-electron chi connectivity index (χ4n) is 2.40. The third-order valence-electron chi connectivity index (χ3n) is 3.65. The minimum Gasteiger partial charge on any atom is -0.355 e. The first-order valence-electron chi connectivity index (χ1n) is 6.98. The monoisotopic (exact) mass is 320 g/mol. The highest BCUT2D eigenvalue weighted by molar-refractivity contribution is 7.91. The summed E-state index contributed by atoms with van der Waals surface area (Å²) in [5.74, 6) is 0.195. The van der Waals surface area contributed by atoms with Gasteiger partial charge in [0.05, 0.1) is 11.5 Å². The molecule has 0 radical (unpaired) electrons. The first-order chi connectivity index (χ1) is 10.4. The number of benzene rings is 1. The van der Waals surface area contributed by atoms with E-state index in [0.29, 0.717) is 12.2 Å². The molecule has 116 valence electrons. The van der Waals surface area contributed by atoms with Gasteiger partial charge >= 0.3 is 0 Å². The molecule has 1 aromatic heterocycles. The minimum atomic E-state index is -3.02. The molecular formula is C15H16N2O4S. The Morgan fingerprint density at radius 1 is 1.32 bits per heavy atom. The van der Waals surface area contributed by atoms with E-state index < -0.39 is 15.7 Å². The molecule has 3 rings (SSSR count). The maximum atomic E-state index is 12.1. The molecule has 1 aliphatic heterocycles. The number of hydrogen-bond donors (Lipinski definition) is 1. The Bertz CT molecular complexity index is 793. The van der Waals surface area contributed by atoms with Gasteiger partial charge in [0.15, 0.2) is 21.3 Å². The molecular weight excluding hydrogens is 304 g/mol. The lowest BCUT2D eigenvalue weighted by Gasteiger charge is -2.08. The Hall–Kier alpha value is -2.15. The van der Waals surface area contributed by atoms with Gasteiger partial charge in [-0.2, -0.15) is 0 Å². The molecule has 2 aromatic rings. The predicted molar refractivity (Wildman–Crippen MR) is 81.2 cm³/mol. The summed E-state index contributed by atoms with van der Waals surface area (Å²) in [6.07, 6.45) is 0.441. The van der Waals surface area contributed by atoms with Crippen LogP contribution in [-0.4, -0.2) is 37.0 Å². The Labute approximate surface area is 128 Å². The van der Waals surface area contributed by atoms with Crippen LogP contribution in [0, 0.1) is 6.92 Å². The molecule has 0 spiro atoms. The van der Waals surface area contributed by atoms with Crippen molar-refractivity contribution in [2.24, 2.45) is 0 Å². The smallest absolute Gasteiger partial charge is 0.273 e. The lowest BCUT2D eigenvalue weighted by molar-refractivity contribution is 0.0932. The number of sulfone groups is 1. The van der Waals surface area contributed by atoms with E-state index in [9.17, 15) is 13.2 Å². The average molecular weight is 320 g/mol. The zero-order valence-electron chi connectivity index (χ0n) is 12.1. The Balaban J connectivity index is 1.71. The largest absolute Gasteiger partial charge is 0.355 e. The Kier molecular flexibility index (Phi) is 3.74. The zero-order chi connectivity index (χ0) is 15.7. The molecule has 0 saturated carbocycles. The van der Waals surface area contributed by atoms with E-state index >= 15 is 0 Å². The van der Waals surface area contributed by atoms with Crippen LogP contribution in [0.2, 0.25) is 0 Å². The van der Waals surface area contributed by atoms with Crippen LogP contribution in [0.3, 0.4) is 0 Å². The van der Waals surface area contributed by atoms with Crippen molar-refractivity contribution in [3.63, 3.8) is 0 Å². The van der Waals surface area contributed by atoms with Crippen LogP contribution in [0.4, 0.5) is 0 Å². The van der Waals surface area contributed by atoms with E-state index in [1.54, 1.807) is 6.07 Å². The van der Waals surface area contributed by atoms with E-state index in [-0.39, 0.29) is 23.2 Å². The van der Waals surface area contributed by atoms with E-state index in [2.05, 4.69) is 10.5 Å². The predicted octanol–water partition coefficient (Wildman–Crippen LogP) is 1.57. The van der Waals surface area contributed by atoms with Crippen molar-refractivity contribution in [3.8, 4) is 11.3 Å². The standard InChI is InChI=1S/C15H16N2O4S/c1-10-2-4-11(5-3-10)14-8-13(17-21-14)15(18)16-12-6-7-22(19,20)9-12/h2-5,8,12H,6-7,9H2,1H3,(H,16,18)/t12-/m1/s1. The summed E-state index contributed by atoms with van der Waals surface area (Å²) in [6, 6.07) is 8.88.